The summed E-state index contributed by atoms with van der Waals surface area (Å²) in [4.78, 5) is 0. The summed E-state index contributed by atoms with van der Waals surface area (Å²) in [5.74, 6) is 0. The van der Waals surface area contributed by atoms with Gasteiger partial charge in [0.2, 0.25) is 0 Å². The lowest BCUT2D eigenvalue weighted by atomic mass is 10.2. The Morgan fingerprint density at radius 1 is 1.29 bits per heavy atom. The molecule has 0 aliphatic heterocycles. The molecule has 1 nitrogen and oxygen atoms in total. The van der Waals surface area contributed by atoms with Crippen LogP contribution in [-0.4, -0.2) is 13.0 Å². The molecule has 0 aliphatic rings. The highest BCUT2D eigenvalue weighted by Crippen LogP contribution is 2.28. The maximum Gasteiger partial charge on any atom is 0.255 e. The van der Waals surface area contributed by atoms with Crippen molar-refractivity contribution in [2.75, 3.05) is 11.9 Å². The van der Waals surface area contributed by atoms with Gasteiger partial charge in [0.1, 0.15) is 0 Å². The average Bonchev–Trinajstić information content (AvgIpc) is 2.09. The number of hydrogen-bond donors (Lipinski definition) is 1. The Balaban J connectivity index is 2.82. The van der Waals surface area contributed by atoms with Crippen LogP contribution in [0, 0.1) is 6.92 Å². The number of aryl methyl sites for hydroxylation is 1. The minimum Gasteiger partial charge on any atom is -0.378 e. The van der Waals surface area contributed by atoms with Crippen LogP contribution in [0.5, 0.6) is 0 Å². The van der Waals surface area contributed by atoms with Crippen LogP contribution < -0.4 is 5.32 Å². The Kier molecular flexibility index (Phi) is 3.96. The Labute approximate surface area is 91.0 Å². The second kappa shape index (κ2) is 4.80. The molecule has 0 amide bonds. The molecule has 1 aromatic carbocycles. The quantitative estimate of drug-likeness (QED) is 0.842. The maximum absolute atomic E-state index is 11.9. The van der Waals surface area contributed by atoms with E-state index in [-0.39, 0.29) is 0 Å². The minimum absolute atomic E-state index is 0.396. The molecule has 1 rings (SSSR count). The third-order valence-corrected chi connectivity index (χ3v) is 2.42. The maximum atomic E-state index is 11.9. The molecule has 0 aliphatic carbocycles. The number of alkyl halides is 2. The normalized spacial score (nSPS) is 10.7. The predicted octanol–water partition coefficient (Wildman–Crippen LogP) is 3.98. The summed E-state index contributed by atoms with van der Waals surface area (Å²) in [7, 11) is 0. The molecular formula is C9H9Cl2F2N. The molecule has 0 atom stereocenters. The molecule has 0 saturated heterocycles. The van der Waals surface area contributed by atoms with Crippen molar-refractivity contribution >= 4 is 28.9 Å². The van der Waals surface area contributed by atoms with Crippen molar-refractivity contribution in [3.63, 3.8) is 0 Å². The van der Waals surface area contributed by atoms with E-state index in [9.17, 15) is 8.78 Å². The van der Waals surface area contributed by atoms with Gasteiger partial charge in [-0.2, -0.15) is 0 Å². The summed E-state index contributed by atoms with van der Waals surface area (Å²) >= 11 is 11.6. The van der Waals surface area contributed by atoms with Gasteiger partial charge in [-0.1, -0.05) is 23.2 Å². The van der Waals surface area contributed by atoms with Crippen molar-refractivity contribution in [3.8, 4) is 0 Å². The first-order chi connectivity index (χ1) is 6.50. The predicted molar refractivity (Wildman–Crippen MR) is 55.7 cm³/mol. The molecule has 0 aromatic heterocycles. The number of halogens is 4. The minimum atomic E-state index is -2.41. The van der Waals surface area contributed by atoms with Crippen LogP contribution >= 0.6 is 23.2 Å². The Morgan fingerprint density at radius 3 is 2.50 bits per heavy atom. The zero-order valence-electron chi connectivity index (χ0n) is 7.45. The standard InChI is InChI=1S/C9H9Cl2F2N/c1-5-2-7(11)8(3-6(5)10)14-4-9(12)13/h2-3,9,14H,4H2,1H3. The third-order valence-electron chi connectivity index (χ3n) is 1.70. The van der Waals surface area contributed by atoms with Gasteiger partial charge in [0, 0.05) is 5.02 Å². The zero-order chi connectivity index (χ0) is 10.7. The highest BCUT2D eigenvalue weighted by atomic mass is 35.5. The number of hydrogen-bond acceptors (Lipinski definition) is 1. The van der Waals surface area contributed by atoms with E-state index < -0.39 is 13.0 Å². The number of rotatable bonds is 3. The molecule has 0 heterocycles. The monoisotopic (exact) mass is 239 g/mol. The molecule has 1 N–H and O–H groups in total. The van der Waals surface area contributed by atoms with Crippen LogP contribution in [-0.2, 0) is 0 Å². The molecule has 78 valence electrons. The number of anilines is 1. The lowest BCUT2D eigenvalue weighted by Crippen LogP contribution is -2.10. The van der Waals surface area contributed by atoms with E-state index in [4.69, 9.17) is 23.2 Å². The van der Waals surface area contributed by atoms with Gasteiger partial charge < -0.3 is 5.32 Å². The molecule has 1 aromatic rings. The average molecular weight is 240 g/mol. The van der Waals surface area contributed by atoms with E-state index in [1.165, 1.54) is 0 Å². The van der Waals surface area contributed by atoms with Crippen molar-refractivity contribution in [1.82, 2.24) is 0 Å². The Bertz CT molecular complexity index is 329. The SMILES string of the molecule is Cc1cc(Cl)c(NCC(F)F)cc1Cl. The topological polar surface area (TPSA) is 12.0 Å². The molecular weight excluding hydrogens is 231 g/mol. The van der Waals surface area contributed by atoms with E-state index >= 15 is 0 Å². The molecule has 0 spiro atoms. The van der Waals surface area contributed by atoms with Gasteiger partial charge >= 0.3 is 0 Å². The fourth-order valence-electron chi connectivity index (χ4n) is 0.969. The summed E-state index contributed by atoms with van der Waals surface area (Å²) in [6.07, 6.45) is -2.41. The van der Waals surface area contributed by atoms with Crippen LogP contribution in [0.4, 0.5) is 14.5 Å². The van der Waals surface area contributed by atoms with Crippen molar-refractivity contribution in [2.24, 2.45) is 0 Å². The summed E-state index contributed by atoms with van der Waals surface area (Å²) in [5, 5.41) is 3.42. The second-order valence-corrected chi connectivity index (χ2v) is 3.67. The first kappa shape index (κ1) is 11.5. The molecule has 0 unspecified atom stereocenters. The van der Waals surface area contributed by atoms with E-state index in [1.807, 2.05) is 0 Å². The molecule has 5 heteroatoms. The van der Waals surface area contributed by atoms with Crippen LogP contribution in [0.2, 0.25) is 10.0 Å². The third kappa shape index (κ3) is 3.00. The lowest BCUT2D eigenvalue weighted by molar-refractivity contribution is 0.163. The molecule has 0 bridgehead atoms. The Morgan fingerprint density at radius 2 is 1.93 bits per heavy atom. The van der Waals surface area contributed by atoms with E-state index in [0.717, 1.165) is 5.56 Å². The van der Waals surface area contributed by atoms with Gasteiger partial charge in [0.05, 0.1) is 17.3 Å². The molecule has 0 radical (unpaired) electrons. The van der Waals surface area contributed by atoms with Gasteiger partial charge in [0.25, 0.3) is 6.43 Å². The largest absolute Gasteiger partial charge is 0.378 e. The molecule has 0 saturated carbocycles. The fraction of sp³-hybridized carbons (Fsp3) is 0.333. The van der Waals surface area contributed by atoms with Crippen molar-refractivity contribution in [2.45, 2.75) is 13.3 Å². The van der Waals surface area contributed by atoms with Crippen molar-refractivity contribution in [3.05, 3.63) is 27.7 Å². The van der Waals surface area contributed by atoms with Gasteiger partial charge in [0.15, 0.2) is 0 Å². The fourth-order valence-corrected chi connectivity index (χ4v) is 1.42. The Hall–Kier alpha value is -0.540. The van der Waals surface area contributed by atoms with Crippen molar-refractivity contribution < 1.29 is 8.78 Å². The van der Waals surface area contributed by atoms with Crippen LogP contribution in [0.25, 0.3) is 0 Å². The van der Waals surface area contributed by atoms with Gasteiger partial charge in [-0.15, -0.1) is 0 Å². The van der Waals surface area contributed by atoms with Gasteiger partial charge in [-0.25, -0.2) is 8.78 Å². The van der Waals surface area contributed by atoms with E-state index in [1.54, 1.807) is 19.1 Å². The van der Waals surface area contributed by atoms with E-state index in [2.05, 4.69) is 5.32 Å². The first-order valence-electron chi connectivity index (χ1n) is 3.98. The van der Waals surface area contributed by atoms with Crippen LogP contribution in [0.1, 0.15) is 5.56 Å². The second-order valence-electron chi connectivity index (χ2n) is 2.85. The van der Waals surface area contributed by atoms with E-state index in [0.29, 0.717) is 15.7 Å². The summed E-state index contributed by atoms with van der Waals surface area (Å²) < 4.78 is 23.8. The number of benzene rings is 1. The van der Waals surface area contributed by atoms with Crippen LogP contribution in [0.15, 0.2) is 12.1 Å². The highest BCUT2D eigenvalue weighted by molar-refractivity contribution is 6.35. The zero-order valence-corrected chi connectivity index (χ0v) is 8.96. The first-order valence-corrected chi connectivity index (χ1v) is 4.74. The molecule has 0 fully saturated rings. The molecule has 14 heavy (non-hydrogen) atoms. The van der Waals surface area contributed by atoms with Crippen molar-refractivity contribution in [1.29, 1.82) is 0 Å². The van der Waals surface area contributed by atoms with Crippen LogP contribution in [0.3, 0.4) is 0 Å². The summed E-state index contributed by atoms with van der Waals surface area (Å²) in [5.41, 5.74) is 1.25. The van der Waals surface area contributed by atoms with Gasteiger partial charge in [-0.3, -0.25) is 0 Å². The number of nitrogens with one attached hydrogen (secondary N) is 1. The van der Waals surface area contributed by atoms with Gasteiger partial charge in [-0.05, 0) is 24.6 Å². The summed E-state index contributed by atoms with van der Waals surface area (Å²) in [6, 6.07) is 3.18. The summed E-state index contributed by atoms with van der Waals surface area (Å²) in [6.45, 7) is 1.37. The lowest BCUT2D eigenvalue weighted by Gasteiger charge is -2.09. The smallest absolute Gasteiger partial charge is 0.255 e. The highest BCUT2D eigenvalue weighted by Gasteiger charge is 2.07.